The van der Waals surface area contributed by atoms with Gasteiger partial charge in [-0.2, -0.15) is 0 Å². The monoisotopic (exact) mass is 249 g/mol. The van der Waals surface area contributed by atoms with E-state index in [0.29, 0.717) is 12.6 Å². The fourth-order valence-corrected chi connectivity index (χ4v) is 2.51. The molecule has 0 heterocycles. The Labute approximate surface area is 109 Å². The minimum absolute atomic E-state index is 0.179. The number of nitrogens with one attached hydrogen (secondary N) is 1. The Morgan fingerprint density at radius 3 is 2.61 bits per heavy atom. The standard InChI is InChI=1S/C15H23NO2/c1-11(16-10-15(17-2)18-3)13-8-7-12-5-4-6-14(12)9-13/h7-9,11,15-16H,4-6,10H2,1-3H3. The van der Waals surface area contributed by atoms with Gasteiger partial charge in [-0.05, 0) is 42.9 Å². The van der Waals surface area contributed by atoms with Crippen LogP contribution in [0.4, 0.5) is 0 Å². The zero-order valence-electron chi connectivity index (χ0n) is 11.5. The van der Waals surface area contributed by atoms with Crippen molar-refractivity contribution in [1.82, 2.24) is 5.32 Å². The average molecular weight is 249 g/mol. The smallest absolute Gasteiger partial charge is 0.169 e. The van der Waals surface area contributed by atoms with E-state index in [1.807, 2.05) is 0 Å². The van der Waals surface area contributed by atoms with Gasteiger partial charge in [0.2, 0.25) is 0 Å². The summed E-state index contributed by atoms with van der Waals surface area (Å²) < 4.78 is 10.4. The molecule has 0 fully saturated rings. The molecule has 1 atom stereocenters. The van der Waals surface area contributed by atoms with Crippen LogP contribution in [0.1, 0.15) is 36.1 Å². The van der Waals surface area contributed by atoms with Crippen molar-refractivity contribution in [2.24, 2.45) is 0 Å². The normalized spacial score (nSPS) is 16.0. The van der Waals surface area contributed by atoms with Crippen molar-refractivity contribution in [2.45, 2.75) is 38.5 Å². The van der Waals surface area contributed by atoms with Crippen LogP contribution in [-0.2, 0) is 22.3 Å². The van der Waals surface area contributed by atoms with E-state index in [1.165, 1.54) is 36.0 Å². The van der Waals surface area contributed by atoms with Crippen LogP contribution in [-0.4, -0.2) is 27.1 Å². The average Bonchev–Trinajstić information content (AvgIpc) is 2.86. The van der Waals surface area contributed by atoms with Gasteiger partial charge in [-0.3, -0.25) is 0 Å². The van der Waals surface area contributed by atoms with Gasteiger partial charge in [-0.15, -0.1) is 0 Å². The predicted molar refractivity (Wildman–Crippen MR) is 72.7 cm³/mol. The number of fused-ring (bicyclic) bond motifs is 1. The lowest BCUT2D eigenvalue weighted by atomic mass is 10.0. The highest BCUT2D eigenvalue weighted by Gasteiger charge is 2.14. The van der Waals surface area contributed by atoms with Gasteiger partial charge in [0.25, 0.3) is 0 Å². The largest absolute Gasteiger partial charge is 0.355 e. The van der Waals surface area contributed by atoms with Crippen molar-refractivity contribution in [3.05, 3.63) is 34.9 Å². The van der Waals surface area contributed by atoms with Crippen molar-refractivity contribution in [1.29, 1.82) is 0 Å². The maximum Gasteiger partial charge on any atom is 0.169 e. The minimum Gasteiger partial charge on any atom is -0.355 e. The zero-order valence-corrected chi connectivity index (χ0v) is 11.5. The molecule has 0 saturated carbocycles. The molecule has 1 aromatic rings. The van der Waals surface area contributed by atoms with E-state index in [4.69, 9.17) is 9.47 Å². The summed E-state index contributed by atoms with van der Waals surface area (Å²) >= 11 is 0. The molecular formula is C15H23NO2. The van der Waals surface area contributed by atoms with E-state index >= 15 is 0 Å². The maximum atomic E-state index is 5.18. The number of aryl methyl sites for hydroxylation is 2. The van der Waals surface area contributed by atoms with Crippen molar-refractivity contribution in [2.75, 3.05) is 20.8 Å². The SMILES string of the molecule is COC(CNC(C)c1ccc2c(c1)CCC2)OC. The molecule has 1 unspecified atom stereocenters. The quantitative estimate of drug-likeness (QED) is 0.786. The van der Waals surface area contributed by atoms with Crippen LogP contribution in [0.15, 0.2) is 18.2 Å². The van der Waals surface area contributed by atoms with Crippen LogP contribution >= 0.6 is 0 Å². The lowest BCUT2D eigenvalue weighted by Crippen LogP contribution is -2.31. The second kappa shape index (κ2) is 6.32. The molecule has 1 aromatic carbocycles. The van der Waals surface area contributed by atoms with Crippen molar-refractivity contribution in [3.8, 4) is 0 Å². The number of hydrogen-bond acceptors (Lipinski definition) is 3. The van der Waals surface area contributed by atoms with Crippen molar-refractivity contribution < 1.29 is 9.47 Å². The van der Waals surface area contributed by atoms with E-state index in [9.17, 15) is 0 Å². The molecule has 100 valence electrons. The first-order valence-corrected chi connectivity index (χ1v) is 6.65. The summed E-state index contributed by atoms with van der Waals surface area (Å²) in [7, 11) is 3.33. The van der Waals surface area contributed by atoms with E-state index in [-0.39, 0.29) is 6.29 Å². The van der Waals surface area contributed by atoms with E-state index in [0.717, 1.165) is 0 Å². The third kappa shape index (κ3) is 3.10. The number of benzene rings is 1. The Morgan fingerprint density at radius 1 is 1.17 bits per heavy atom. The van der Waals surface area contributed by atoms with Crippen LogP contribution < -0.4 is 5.32 Å². The molecular weight excluding hydrogens is 226 g/mol. The molecule has 2 rings (SSSR count). The lowest BCUT2D eigenvalue weighted by Gasteiger charge is -2.19. The van der Waals surface area contributed by atoms with Gasteiger partial charge >= 0.3 is 0 Å². The first kappa shape index (κ1) is 13.5. The van der Waals surface area contributed by atoms with Crippen LogP contribution in [0.5, 0.6) is 0 Å². The Hall–Kier alpha value is -0.900. The molecule has 1 aliphatic carbocycles. The molecule has 3 heteroatoms. The predicted octanol–water partition coefficient (Wildman–Crippen LogP) is 2.44. The molecule has 0 saturated heterocycles. The van der Waals surface area contributed by atoms with Gasteiger partial charge in [0.1, 0.15) is 0 Å². The number of rotatable bonds is 6. The molecule has 0 spiro atoms. The first-order chi connectivity index (χ1) is 8.74. The van der Waals surface area contributed by atoms with Crippen molar-refractivity contribution in [3.63, 3.8) is 0 Å². The van der Waals surface area contributed by atoms with Crippen molar-refractivity contribution >= 4 is 0 Å². The van der Waals surface area contributed by atoms with E-state index in [1.54, 1.807) is 14.2 Å². The fourth-order valence-electron chi connectivity index (χ4n) is 2.51. The summed E-state index contributed by atoms with van der Waals surface area (Å²) in [5.74, 6) is 0. The second-order valence-electron chi connectivity index (χ2n) is 4.91. The number of methoxy groups -OCH3 is 2. The first-order valence-electron chi connectivity index (χ1n) is 6.65. The summed E-state index contributed by atoms with van der Waals surface area (Å²) in [4.78, 5) is 0. The summed E-state index contributed by atoms with van der Waals surface area (Å²) in [5, 5.41) is 3.44. The molecule has 0 amide bonds. The zero-order chi connectivity index (χ0) is 13.0. The van der Waals surface area contributed by atoms with Gasteiger partial charge in [0.05, 0.1) is 0 Å². The van der Waals surface area contributed by atoms with Crippen LogP contribution in [0.3, 0.4) is 0 Å². The summed E-state index contributed by atoms with van der Waals surface area (Å²) in [5.41, 5.74) is 4.40. The minimum atomic E-state index is -0.179. The molecule has 0 bridgehead atoms. The van der Waals surface area contributed by atoms with Gasteiger partial charge < -0.3 is 14.8 Å². The summed E-state index contributed by atoms with van der Waals surface area (Å²) in [6.45, 7) is 2.88. The lowest BCUT2D eigenvalue weighted by molar-refractivity contribution is -0.0997. The highest BCUT2D eigenvalue weighted by molar-refractivity contribution is 5.36. The third-order valence-electron chi connectivity index (χ3n) is 3.74. The molecule has 1 aliphatic rings. The van der Waals surface area contributed by atoms with Crippen LogP contribution in [0, 0.1) is 0 Å². The second-order valence-corrected chi connectivity index (χ2v) is 4.91. The van der Waals surface area contributed by atoms with Gasteiger partial charge in [0.15, 0.2) is 6.29 Å². The Bertz CT molecular complexity index is 388. The molecule has 0 aromatic heterocycles. The number of hydrogen-bond donors (Lipinski definition) is 1. The van der Waals surface area contributed by atoms with Crippen LogP contribution in [0.25, 0.3) is 0 Å². The summed E-state index contributed by atoms with van der Waals surface area (Å²) in [6.07, 6.45) is 3.60. The van der Waals surface area contributed by atoms with Gasteiger partial charge in [0, 0.05) is 26.8 Å². The summed E-state index contributed by atoms with van der Waals surface area (Å²) in [6, 6.07) is 7.18. The Balaban J connectivity index is 1.94. The molecule has 0 radical (unpaired) electrons. The Kier molecular flexibility index (Phi) is 4.75. The molecule has 0 aliphatic heterocycles. The Morgan fingerprint density at radius 2 is 1.89 bits per heavy atom. The van der Waals surface area contributed by atoms with Crippen LogP contribution in [0.2, 0.25) is 0 Å². The fraction of sp³-hybridized carbons (Fsp3) is 0.600. The van der Waals surface area contributed by atoms with Gasteiger partial charge in [-0.1, -0.05) is 18.2 Å². The topological polar surface area (TPSA) is 30.5 Å². The van der Waals surface area contributed by atoms with E-state index in [2.05, 4.69) is 30.4 Å². The molecule has 1 N–H and O–H groups in total. The number of ether oxygens (including phenoxy) is 2. The maximum absolute atomic E-state index is 5.18. The third-order valence-corrected chi connectivity index (χ3v) is 3.74. The molecule has 3 nitrogen and oxygen atoms in total. The van der Waals surface area contributed by atoms with E-state index < -0.39 is 0 Å². The highest BCUT2D eigenvalue weighted by atomic mass is 16.7. The molecule has 18 heavy (non-hydrogen) atoms. The highest BCUT2D eigenvalue weighted by Crippen LogP contribution is 2.25. The van der Waals surface area contributed by atoms with Gasteiger partial charge in [-0.25, -0.2) is 0 Å².